The van der Waals surface area contributed by atoms with Gasteiger partial charge in [0, 0.05) is 19.2 Å². The number of rotatable bonds is 0. The van der Waals surface area contributed by atoms with Crippen LogP contribution in [0.4, 0.5) is 17.6 Å². The number of alkyl halides is 3. The molecule has 0 unspecified atom stereocenters. The molecule has 0 radical (unpaired) electrons. The fraction of sp³-hybridized carbons (Fsp3) is 0.692. The van der Waals surface area contributed by atoms with E-state index in [9.17, 15) is 17.6 Å². The molecule has 1 saturated heterocycles. The molecule has 0 aliphatic carbocycles. The molecule has 1 fully saturated rings. The first-order valence-electron chi connectivity index (χ1n) is 6.75. The molecule has 0 amide bonds. The normalized spacial score (nSPS) is 23.1. The van der Waals surface area contributed by atoms with E-state index in [-0.39, 0.29) is 12.2 Å². The molecule has 2 aliphatic heterocycles. The molecule has 0 saturated carbocycles. The fourth-order valence-electron chi connectivity index (χ4n) is 3.56. The summed E-state index contributed by atoms with van der Waals surface area (Å²) in [6, 6.07) is 0.651. The Morgan fingerprint density at radius 3 is 2.45 bits per heavy atom. The minimum atomic E-state index is -4.51. The van der Waals surface area contributed by atoms with Gasteiger partial charge in [0.2, 0.25) is 0 Å². The number of fused-ring (bicyclic) bond motifs is 2. The fourth-order valence-corrected chi connectivity index (χ4v) is 3.56. The summed E-state index contributed by atoms with van der Waals surface area (Å²) in [5, 5.41) is 3.18. The van der Waals surface area contributed by atoms with Crippen LogP contribution in [0.1, 0.15) is 24.2 Å². The van der Waals surface area contributed by atoms with Crippen molar-refractivity contribution in [2.24, 2.45) is 0 Å². The van der Waals surface area contributed by atoms with E-state index in [1.54, 1.807) is 0 Å². The Morgan fingerprint density at radius 1 is 1.20 bits per heavy atom. The van der Waals surface area contributed by atoms with Gasteiger partial charge >= 0.3 is 6.18 Å². The van der Waals surface area contributed by atoms with Crippen molar-refractivity contribution in [3.8, 4) is 0 Å². The first-order valence-corrected chi connectivity index (χ1v) is 6.75. The zero-order valence-corrected chi connectivity index (χ0v) is 11.2. The van der Waals surface area contributed by atoms with Gasteiger partial charge in [-0.25, -0.2) is 4.39 Å². The maximum Gasteiger partial charge on any atom is 0.431 e. The van der Waals surface area contributed by atoms with Crippen LogP contribution in [-0.4, -0.2) is 36.1 Å². The predicted molar refractivity (Wildman–Crippen MR) is 65.8 cm³/mol. The Hall–Kier alpha value is -1.08. The lowest BCUT2D eigenvalue weighted by molar-refractivity contribution is -0.144. The highest BCUT2D eigenvalue weighted by Gasteiger charge is 2.48. The third-order valence-corrected chi connectivity index (χ3v) is 4.60. The van der Waals surface area contributed by atoms with E-state index >= 15 is 0 Å². The van der Waals surface area contributed by atoms with E-state index in [0.29, 0.717) is 38.5 Å². The summed E-state index contributed by atoms with van der Waals surface area (Å²) in [5.41, 5.74) is -1.27. The van der Waals surface area contributed by atoms with Gasteiger partial charge in [-0.3, -0.25) is 4.90 Å². The third-order valence-electron chi connectivity index (χ3n) is 4.60. The van der Waals surface area contributed by atoms with Crippen LogP contribution >= 0.6 is 0 Å². The van der Waals surface area contributed by atoms with Crippen LogP contribution in [0.5, 0.6) is 0 Å². The molecule has 1 N–H and O–H groups in total. The average Bonchev–Trinajstić information content (AvgIpc) is 2.74. The Bertz CT molecular complexity index is 514. The molecule has 3 nitrogen and oxygen atoms in total. The van der Waals surface area contributed by atoms with Gasteiger partial charge in [0.1, 0.15) is 11.5 Å². The van der Waals surface area contributed by atoms with Crippen molar-refractivity contribution >= 4 is 0 Å². The van der Waals surface area contributed by atoms with Crippen LogP contribution in [0.3, 0.4) is 0 Å². The molecule has 1 aromatic rings. The number of nitrogens with zero attached hydrogens (tertiary/aromatic N) is 2. The molecule has 3 heterocycles. The Labute approximate surface area is 114 Å². The van der Waals surface area contributed by atoms with Crippen molar-refractivity contribution in [2.45, 2.75) is 31.1 Å². The molecule has 1 spiro atoms. The highest BCUT2D eigenvalue weighted by atomic mass is 19.4. The van der Waals surface area contributed by atoms with Gasteiger partial charge in [-0.1, -0.05) is 0 Å². The lowest BCUT2D eigenvalue weighted by Gasteiger charge is -2.48. The number of hydrogen-bond acceptors (Lipinski definition) is 2. The van der Waals surface area contributed by atoms with Gasteiger partial charge in [0.05, 0.1) is 11.2 Å². The summed E-state index contributed by atoms with van der Waals surface area (Å²) in [7, 11) is 1.87. The maximum atomic E-state index is 14.3. The van der Waals surface area contributed by atoms with Crippen molar-refractivity contribution in [2.75, 3.05) is 26.7 Å². The molecule has 1 aromatic heterocycles. The summed E-state index contributed by atoms with van der Waals surface area (Å²) in [4.78, 5) is 2.01. The Kier molecular flexibility index (Phi) is 3.10. The van der Waals surface area contributed by atoms with Crippen molar-refractivity contribution in [3.63, 3.8) is 0 Å². The van der Waals surface area contributed by atoms with Gasteiger partial charge < -0.3 is 9.88 Å². The third kappa shape index (κ3) is 1.87. The van der Waals surface area contributed by atoms with Crippen LogP contribution in [-0.2, 0) is 18.3 Å². The largest absolute Gasteiger partial charge is 0.431 e. The molecule has 3 rings (SSSR count). The number of likely N-dealkylation sites (N-methyl/N-ethyl adjacent to an activating group) is 1. The quantitative estimate of drug-likeness (QED) is 0.739. The summed E-state index contributed by atoms with van der Waals surface area (Å²) < 4.78 is 54.5. The summed E-state index contributed by atoms with van der Waals surface area (Å²) in [6.45, 7) is 2.07. The average molecular weight is 291 g/mol. The highest BCUT2D eigenvalue weighted by molar-refractivity contribution is 5.30. The van der Waals surface area contributed by atoms with E-state index in [2.05, 4.69) is 5.32 Å². The van der Waals surface area contributed by atoms with E-state index in [4.69, 9.17) is 0 Å². The van der Waals surface area contributed by atoms with E-state index in [1.807, 2.05) is 11.9 Å². The van der Waals surface area contributed by atoms with E-state index < -0.39 is 23.2 Å². The second-order valence-electron chi connectivity index (χ2n) is 5.58. The number of hydrogen-bond donors (Lipinski definition) is 1. The topological polar surface area (TPSA) is 20.2 Å². The van der Waals surface area contributed by atoms with Crippen LogP contribution in [0.25, 0.3) is 0 Å². The number of nitrogens with one attached hydrogen (secondary N) is 1. The molecule has 0 bridgehead atoms. The first kappa shape index (κ1) is 13.9. The van der Waals surface area contributed by atoms with Gasteiger partial charge in [0.15, 0.2) is 0 Å². The second-order valence-corrected chi connectivity index (χ2v) is 5.58. The van der Waals surface area contributed by atoms with Crippen LogP contribution in [0.15, 0.2) is 6.07 Å². The molecule has 2 aliphatic rings. The SMILES string of the molecule is CN1CCn2c(C(F)(F)F)cc(F)c2C12CCNCC2. The standard InChI is InChI=1S/C13H17F4N3/c1-19-6-7-20-10(13(15,16)17)8-9(14)11(20)12(19)2-4-18-5-3-12/h8,18H,2-7H2,1H3. The smallest absolute Gasteiger partial charge is 0.336 e. The zero-order valence-electron chi connectivity index (χ0n) is 11.2. The molecule has 0 atom stereocenters. The minimum absolute atomic E-state index is 0.180. The lowest BCUT2D eigenvalue weighted by Crippen LogP contribution is -2.55. The summed E-state index contributed by atoms with van der Waals surface area (Å²) in [5.74, 6) is -0.731. The summed E-state index contributed by atoms with van der Waals surface area (Å²) >= 11 is 0. The predicted octanol–water partition coefficient (Wildman–Crippen LogP) is 2.17. The Morgan fingerprint density at radius 2 is 1.85 bits per heavy atom. The van der Waals surface area contributed by atoms with Crippen molar-refractivity contribution < 1.29 is 17.6 Å². The molecular weight excluding hydrogens is 274 g/mol. The molecule has 0 aromatic carbocycles. The highest BCUT2D eigenvalue weighted by Crippen LogP contribution is 2.44. The van der Waals surface area contributed by atoms with Crippen LogP contribution < -0.4 is 5.32 Å². The molecule has 112 valence electrons. The van der Waals surface area contributed by atoms with Crippen molar-refractivity contribution in [1.82, 2.24) is 14.8 Å². The summed E-state index contributed by atoms with van der Waals surface area (Å²) in [6.07, 6.45) is -3.26. The number of halogens is 4. The van der Waals surface area contributed by atoms with Gasteiger partial charge in [-0.05, 0) is 33.0 Å². The molecular formula is C13H17F4N3. The minimum Gasteiger partial charge on any atom is -0.336 e. The molecule has 7 heteroatoms. The van der Waals surface area contributed by atoms with Gasteiger partial charge in [-0.2, -0.15) is 13.2 Å². The van der Waals surface area contributed by atoms with Gasteiger partial charge in [-0.15, -0.1) is 0 Å². The van der Waals surface area contributed by atoms with Crippen LogP contribution in [0.2, 0.25) is 0 Å². The molecule has 20 heavy (non-hydrogen) atoms. The van der Waals surface area contributed by atoms with Crippen LogP contribution in [0, 0.1) is 5.82 Å². The van der Waals surface area contributed by atoms with E-state index in [0.717, 1.165) is 4.57 Å². The van der Waals surface area contributed by atoms with Gasteiger partial charge in [0.25, 0.3) is 0 Å². The zero-order chi connectivity index (χ0) is 14.5. The lowest BCUT2D eigenvalue weighted by atomic mass is 9.82. The maximum absolute atomic E-state index is 14.3. The monoisotopic (exact) mass is 291 g/mol. The number of piperidine rings is 1. The first-order chi connectivity index (χ1) is 9.36. The Balaban J connectivity index is 2.16. The number of aromatic nitrogens is 1. The second kappa shape index (κ2) is 4.46. The van der Waals surface area contributed by atoms with Crippen molar-refractivity contribution in [1.29, 1.82) is 0 Å². The van der Waals surface area contributed by atoms with E-state index in [1.165, 1.54) is 0 Å². The van der Waals surface area contributed by atoms with Crippen molar-refractivity contribution in [3.05, 3.63) is 23.3 Å².